The minimum absolute atomic E-state index is 0.152. The molecule has 0 spiro atoms. The molecule has 2 rings (SSSR count). The summed E-state index contributed by atoms with van der Waals surface area (Å²) in [6.45, 7) is 0. The normalized spacial score (nSPS) is 17.0. The third kappa shape index (κ3) is 1.40. The summed E-state index contributed by atoms with van der Waals surface area (Å²) in [4.78, 5) is 0. The zero-order valence-corrected chi connectivity index (χ0v) is 7.50. The highest BCUT2D eigenvalue weighted by Gasteiger charge is 2.28. The maximum atomic E-state index is 10.8. The van der Waals surface area contributed by atoms with Gasteiger partial charge in [0, 0.05) is 6.07 Å². The van der Waals surface area contributed by atoms with Gasteiger partial charge in [0.05, 0.1) is 7.11 Å². The van der Waals surface area contributed by atoms with E-state index < -0.39 is 10.4 Å². The van der Waals surface area contributed by atoms with Crippen LogP contribution in [0.15, 0.2) is 18.2 Å². The largest absolute Gasteiger partial charge is 0.501 e. The van der Waals surface area contributed by atoms with E-state index in [4.69, 9.17) is 4.74 Å². The molecule has 0 aromatic heterocycles. The Morgan fingerprint density at radius 1 is 1.23 bits per heavy atom. The SMILES string of the molecule is COc1ccc2c(c1)OS(=O)(=O)O2. The van der Waals surface area contributed by atoms with Crippen molar-refractivity contribution in [2.45, 2.75) is 0 Å². The van der Waals surface area contributed by atoms with Gasteiger partial charge in [-0.2, -0.15) is 0 Å². The fourth-order valence-corrected chi connectivity index (χ4v) is 1.73. The molecule has 1 heterocycles. The second-order valence-corrected chi connectivity index (χ2v) is 3.54. The fraction of sp³-hybridized carbons (Fsp3) is 0.143. The molecule has 0 unspecified atom stereocenters. The van der Waals surface area contributed by atoms with Crippen LogP contribution in [0.3, 0.4) is 0 Å². The summed E-state index contributed by atoms with van der Waals surface area (Å²) in [7, 11) is -2.41. The summed E-state index contributed by atoms with van der Waals surface area (Å²) in [6.07, 6.45) is 0. The van der Waals surface area contributed by atoms with E-state index in [0.29, 0.717) is 5.75 Å². The van der Waals surface area contributed by atoms with Gasteiger partial charge in [0.25, 0.3) is 0 Å². The molecular weight excluding hydrogens is 196 g/mol. The minimum atomic E-state index is -3.89. The van der Waals surface area contributed by atoms with E-state index in [1.807, 2.05) is 0 Å². The Kier molecular flexibility index (Phi) is 1.59. The van der Waals surface area contributed by atoms with Crippen LogP contribution in [0.25, 0.3) is 0 Å². The predicted molar refractivity (Wildman–Crippen MR) is 43.2 cm³/mol. The Morgan fingerprint density at radius 2 is 1.92 bits per heavy atom. The molecule has 6 heteroatoms. The van der Waals surface area contributed by atoms with E-state index in [1.165, 1.54) is 19.2 Å². The van der Waals surface area contributed by atoms with Crippen molar-refractivity contribution in [1.29, 1.82) is 0 Å². The molecule has 1 aromatic rings. The first-order valence-corrected chi connectivity index (χ1v) is 4.76. The van der Waals surface area contributed by atoms with Gasteiger partial charge in [0.2, 0.25) is 0 Å². The van der Waals surface area contributed by atoms with Crippen molar-refractivity contribution in [3.63, 3.8) is 0 Å². The van der Waals surface area contributed by atoms with Gasteiger partial charge < -0.3 is 13.1 Å². The van der Waals surface area contributed by atoms with Gasteiger partial charge in [0.1, 0.15) is 5.75 Å². The summed E-state index contributed by atoms with van der Waals surface area (Å²) in [5.41, 5.74) is 0. The van der Waals surface area contributed by atoms with Gasteiger partial charge in [-0.1, -0.05) is 0 Å². The summed E-state index contributed by atoms with van der Waals surface area (Å²) in [6, 6.07) is 4.50. The molecule has 0 atom stereocenters. The number of hydrogen-bond acceptors (Lipinski definition) is 5. The standard InChI is InChI=1S/C7H6O5S/c1-10-5-2-3-6-7(4-5)12-13(8,9)11-6/h2-4H,1H3. The molecule has 0 radical (unpaired) electrons. The molecule has 1 aliphatic rings. The van der Waals surface area contributed by atoms with E-state index in [2.05, 4.69) is 8.37 Å². The van der Waals surface area contributed by atoms with Crippen LogP contribution in [0.5, 0.6) is 17.2 Å². The maximum Gasteiger partial charge on any atom is 0.501 e. The minimum Gasteiger partial charge on any atom is -0.497 e. The summed E-state index contributed by atoms with van der Waals surface area (Å²) in [5, 5.41) is 0. The van der Waals surface area contributed by atoms with E-state index in [9.17, 15) is 8.42 Å². The first-order chi connectivity index (χ1) is 6.11. The molecule has 0 aliphatic carbocycles. The van der Waals surface area contributed by atoms with Gasteiger partial charge >= 0.3 is 10.4 Å². The smallest absolute Gasteiger partial charge is 0.497 e. The van der Waals surface area contributed by atoms with Crippen LogP contribution < -0.4 is 13.1 Å². The topological polar surface area (TPSA) is 61.8 Å². The van der Waals surface area contributed by atoms with Crippen molar-refractivity contribution >= 4 is 10.4 Å². The van der Waals surface area contributed by atoms with Crippen molar-refractivity contribution in [1.82, 2.24) is 0 Å². The Labute approximate surface area is 75.2 Å². The van der Waals surface area contributed by atoms with Crippen molar-refractivity contribution in [3.05, 3.63) is 18.2 Å². The Hall–Kier alpha value is -1.43. The molecule has 0 saturated heterocycles. The highest BCUT2D eigenvalue weighted by Crippen LogP contribution is 2.37. The van der Waals surface area contributed by atoms with Gasteiger partial charge in [-0.25, -0.2) is 0 Å². The lowest BCUT2D eigenvalue weighted by Crippen LogP contribution is -2.07. The predicted octanol–water partition coefficient (Wildman–Crippen LogP) is 0.711. The first kappa shape index (κ1) is 8.18. The van der Waals surface area contributed by atoms with Crippen LogP contribution in [-0.4, -0.2) is 15.5 Å². The van der Waals surface area contributed by atoms with E-state index in [-0.39, 0.29) is 11.5 Å². The first-order valence-electron chi connectivity index (χ1n) is 3.43. The molecule has 1 aliphatic heterocycles. The monoisotopic (exact) mass is 202 g/mol. The maximum absolute atomic E-state index is 10.8. The van der Waals surface area contributed by atoms with Crippen LogP contribution in [0.1, 0.15) is 0 Å². The van der Waals surface area contributed by atoms with Crippen LogP contribution >= 0.6 is 0 Å². The van der Waals surface area contributed by atoms with Crippen LogP contribution in [0.4, 0.5) is 0 Å². The molecule has 0 N–H and O–H groups in total. The number of methoxy groups -OCH3 is 1. The Morgan fingerprint density at radius 3 is 2.62 bits per heavy atom. The number of benzene rings is 1. The molecule has 5 nitrogen and oxygen atoms in total. The molecule has 0 bridgehead atoms. The highest BCUT2D eigenvalue weighted by molar-refractivity contribution is 7.82. The quantitative estimate of drug-likeness (QED) is 0.671. The van der Waals surface area contributed by atoms with Crippen LogP contribution in [-0.2, 0) is 10.4 Å². The number of fused-ring (bicyclic) bond motifs is 1. The van der Waals surface area contributed by atoms with E-state index >= 15 is 0 Å². The molecule has 0 saturated carbocycles. The molecule has 0 amide bonds. The van der Waals surface area contributed by atoms with Crippen molar-refractivity contribution in [3.8, 4) is 17.2 Å². The number of ether oxygens (including phenoxy) is 1. The van der Waals surface area contributed by atoms with Gasteiger partial charge in [-0.3, -0.25) is 0 Å². The highest BCUT2D eigenvalue weighted by atomic mass is 32.3. The van der Waals surface area contributed by atoms with Crippen molar-refractivity contribution in [2.24, 2.45) is 0 Å². The van der Waals surface area contributed by atoms with Crippen molar-refractivity contribution in [2.75, 3.05) is 7.11 Å². The average molecular weight is 202 g/mol. The lowest BCUT2D eigenvalue weighted by atomic mass is 10.3. The molecule has 13 heavy (non-hydrogen) atoms. The van der Waals surface area contributed by atoms with E-state index in [0.717, 1.165) is 0 Å². The van der Waals surface area contributed by atoms with Gasteiger partial charge in [-0.05, 0) is 12.1 Å². The van der Waals surface area contributed by atoms with Crippen molar-refractivity contribution < 1.29 is 21.5 Å². The second kappa shape index (κ2) is 2.53. The zero-order valence-electron chi connectivity index (χ0n) is 6.68. The Balaban J connectivity index is 2.47. The average Bonchev–Trinajstić information content (AvgIpc) is 2.36. The third-order valence-electron chi connectivity index (χ3n) is 1.53. The van der Waals surface area contributed by atoms with Gasteiger partial charge in [0.15, 0.2) is 11.5 Å². The molecule has 0 fully saturated rings. The number of hydrogen-bond donors (Lipinski definition) is 0. The summed E-state index contributed by atoms with van der Waals surface area (Å²) < 4.78 is 35.5. The second-order valence-electron chi connectivity index (χ2n) is 2.39. The summed E-state index contributed by atoms with van der Waals surface area (Å²) >= 11 is 0. The van der Waals surface area contributed by atoms with Crippen LogP contribution in [0.2, 0.25) is 0 Å². The zero-order chi connectivity index (χ0) is 9.47. The third-order valence-corrected chi connectivity index (χ3v) is 2.30. The molecule has 1 aromatic carbocycles. The van der Waals surface area contributed by atoms with Crippen LogP contribution in [0, 0.1) is 0 Å². The molecular formula is C7H6O5S. The number of rotatable bonds is 1. The lowest BCUT2D eigenvalue weighted by molar-refractivity contribution is 0.412. The lowest BCUT2D eigenvalue weighted by Gasteiger charge is -1.98. The van der Waals surface area contributed by atoms with Gasteiger partial charge in [-0.15, -0.1) is 8.42 Å². The fourth-order valence-electron chi connectivity index (χ4n) is 0.986. The Bertz CT molecular complexity index is 436. The van der Waals surface area contributed by atoms with E-state index in [1.54, 1.807) is 6.07 Å². The molecule has 70 valence electrons. The summed E-state index contributed by atoms with van der Waals surface area (Å²) in [5.74, 6) is 0.847.